The second kappa shape index (κ2) is 4.72. The summed E-state index contributed by atoms with van der Waals surface area (Å²) in [6.07, 6.45) is 1.82. The van der Waals surface area contributed by atoms with Gasteiger partial charge in [-0.1, -0.05) is 6.92 Å². The number of aliphatic hydroxyl groups excluding tert-OH is 1. The van der Waals surface area contributed by atoms with Crippen LogP contribution in [0.5, 0.6) is 0 Å². The minimum absolute atomic E-state index is 0.0426. The topological polar surface area (TPSA) is 52.6 Å². The normalized spacial score (nSPS) is 35.2. The van der Waals surface area contributed by atoms with Gasteiger partial charge in [0.05, 0.1) is 6.10 Å². The van der Waals surface area contributed by atoms with Crippen LogP contribution in [-0.4, -0.2) is 48.7 Å². The number of rotatable bonds is 3. The molecular weight excluding hydrogens is 204 g/mol. The van der Waals surface area contributed by atoms with E-state index in [1.54, 1.807) is 0 Å². The maximum absolute atomic E-state index is 12.1. The van der Waals surface area contributed by atoms with E-state index < -0.39 is 0 Å². The minimum Gasteiger partial charge on any atom is -0.393 e. The van der Waals surface area contributed by atoms with Crippen LogP contribution in [-0.2, 0) is 4.79 Å². The fourth-order valence-electron chi connectivity index (χ4n) is 3.12. The first-order valence-corrected chi connectivity index (χ1v) is 6.25. The Morgan fingerprint density at radius 2 is 2.25 bits per heavy atom. The Hall–Kier alpha value is -0.610. The summed E-state index contributed by atoms with van der Waals surface area (Å²) in [5, 5.41) is 12.8. The first-order chi connectivity index (χ1) is 7.63. The summed E-state index contributed by atoms with van der Waals surface area (Å²) in [5.41, 5.74) is 0. The molecule has 1 aliphatic carbocycles. The molecule has 4 nitrogen and oxygen atoms in total. The fourth-order valence-corrected chi connectivity index (χ4v) is 3.12. The number of amides is 1. The summed E-state index contributed by atoms with van der Waals surface area (Å²) in [6, 6.07) is 0. The average molecular weight is 226 g/mol. The second-order valence-corrected chi connectivity index (χ2v) is 5.27. The maximum atomic E-state index is 12.1. The van der Waals surface area contributed by atoms with E-state index in [2.05, 4.69) is 5.32 Å². The van der Waals surface area contributed by atoms with Crippen LogP contribution in [0.2, 0.25) is 0 Å². The zero-order valence-electron chi connectivity index (χ0n) is 10.1. The van der Waals surface area contributed by atoms with Crippen molar-refractivity contribution in [1.82, 2.24) is 10.2 Å². The molecule has 1 aliphatic heterocycles. The van der Waals surface area contributed by atoms with Crippen molar-refractivity contribution in [2.45, 2.75) is 25.9 Å². The van der Waals surface area contributed by atoms with Crippen molar-refractivity contribution in [3.8, 4) is 0 Å². The van der Waals surface area contributed by atoms with Crippen LogP contribution in [0.4, 0.5) is 0 Å². The first-order valence-electron chi connectivity index (χ1n) is 6.25. The molecule has 2 N–H and O–H groups in total. The van der Waals surface area contributed by atoms with Crippen molar-refractivity contribution in [3.05, 3.63) is 0 Å². The Balaban J connectivity index is 1.91. The molecule has 1 amide bonds. The van der Waals surface area contributed by atoms with Crippen LogP contribution in [0.1, 0.15) is 19.8 Å². The highest BCUT2D eigenvalue weighted by atomic mass is 16.3. The van der Waals surface area contributed by atoms with Crippen LogP contribution >= 0.6 is 0 Å². The lowest BCUT2D eigenvalue weighted by atomic mass is 10.00. The SMILES string of the molecule is CNCC(C)C(=O)N1CC2CCC(O)C2C1. The smallest absolute Gasteiger partial charge is 0.226 e. The molecule has 2 fully saturated rings. The molecule has 2 aliphatic rings. The van der Waals surface area contributed by atoms with Crippen LogP contribution < -0.4 is 5.32 Å². The highest BCUT2D eigenvalue weighted by Crippen LogP contribution is 2.38. The van der Waals surface area contributed by atoms with Crippen LogP contribution in [0.25, 0.3) is 0 Å². The third-order valence-electron chi connectivity index (χ3n) is 4.06. The summed E-state index contributed by atoms with van der Waals surface area (Å²) >= 11 is 0. The van der Waals surface area contributed by atoms with Crippen molar-refractivity contribution in [2.75, 3.05) is 26.7 Å². The third kappa shape index (κ3) is 2.09. The Kier molecular flexibility index (Phi) is 3.50. The van der Waals surface area contributed by atoms with Crippen LogP contribution in [0.15, 0.2) is 0 Å². The molecule has 92 valence electrons. The zero-order valence-corrected chi connectivity index (χ0v) is 10.1. The van der Waals surface area contributed by atoms with Crippen molar-refractivity contribution < 1.29 is 9.90 Å². The van der Waals surface area contributed by atoms with E-state index in [1.165, 1.54) is 0 Å². The molecule has 1 saturated heterocycles. The molecule has 0 radical (unpaired) electrons. The van der Waals surface area contributed by atoms with Gasteiger partial charge in [0.1, 0.15) is 0 Å². The maximum Gasteiger partial charge on any atom is 0.226 e. The summed E-state index contributed by atoms with van der Waals surface area (Å²) in [6.45, 7) is 4.31. The molecule has 4 unspecified atom stereocenters. The van der Waals surface area contributed by atoms with Gasteiger partial charge >= 0.3 is 0 Å². The number of carbonyl (C=O) groups is 1. The number of likely N-dealkylation sites (tertiary alicyclic amines) is 1. The highest BCUT2D eigenvalue weighted by molar-refractivity contribution is 5.79. The predicted molar refractivity (Wildman–Crippen MR) is 61.9 cm³/mol. The minimum atomic E-state index is -0.178. The van der Waals surface area contributed by atoms with E-state index >= 15 is 0 Å². The lowest BCUT2D eigenvalue weighted by molar-refractivity contribution is -0.134. The number of nitrogens with one attached hydrogen (secondary N) is 1. The van der Waals surface area contributed by atoms with Crippen molar-refractivity contribution in [1.29, 1.82) is 0 Å². The van der Waals surface area contributed by atoms with E-state index in [-0.39, 0.29) is 17.9 Å². The molecule has 0 aromatic carbocycles. The van der Waals surface area contributed by atoms with Gasteiger partial charge in [0.15, 0.2) is 0 Å². The van der Waals surface area contributed by atoms with E-state index in [4.69, 9.17) is 0 Å². The molecule has 0 spiro atoms. The largest absolute Gasteiger partial charge is 0.393 e. The summed E-state index contributed by atoms with van der Waals surface area (Å²) in [5.74, 6) is 1.16. The number of fused-ring (bicyclic) bond motifs is 1. The summed E-state index contributed by atoms with van der Waals surface area (Å²) in [4.78, 5) is 14.0. The monoisotopic (exact) mass is 226 g/mol. The van der Waals surface area contributed by atoms with Gasteiger partial charge in [-0.2, -0.15) is 0 Å². The van der Waals surface area contributed by atoms with Gasteiger partial charge in [-0.15, -0.1) is 0 Å². The Morgan fingerprint density at radius 1 is 1.50 bits per heavy atom. The number of carbonyl (C=O) groups excluding carboxylic acids is 1. The van der Waals surface area contributed by atoms with Gasteiger partial charge in [0.25, 0.3) is 0 Å². The standard InChI is InChI=1S/C12H22N2O2/c1-8(5-13-2)12(16)14-6-9-3-4-11(15)10(9)7-14/h8-11,13,15H,3-7H2,1-2H3. The third-order valence-corrected chi connectivity index (χ3v) is 4.06. The van der Waals surface area contributed by atoms with Crippen LogP contribution in [0, 0.1) is 17.8 Å². The number of nitrogens with zero attached hydrogens (tertiary/aromatic N) is 1. The van der Waals surface area contributed by atoms with E-state index in [0.717, 1.165) is 32.5 Å². The zero-order chi connectivity index (χ0) is 11.7. The Morgan fingerprint density at radius 3 is 2.88 bits per heavy atom. The van der Waals surface area contributed by atoms with E-state index in [1.807, 2.05) is 18.9 Å². The molecule has 0 bridgehead atoms. The number of hydrogen-bond acceptors (Lipinski definition) is 3. The Bertz CT molecular complexity index is 270. The van der Waals surface area contributed by atoms with E-state index in [0.29, 0.717) is 11.8 Å². The van der Waals surface area contributed by atoms with Crippen LogP contribution in [0.3, 0.4) is 0 Å². The summed E-state index contributed by atoms with van der Waals surface area (Å²) in [7, 11) is 1.87. The lowest BCUT2D eigenvalue weighted by Crippen LogP contribution is -2.38. The molecule has 1 saturated carbocycles. The summed E-state index contributed by atoms with van der Waals surface area (Å²) < 4.78 is 0. The van der Waals surface area contributed by atoms with E-state index in [9.17, 15) is 9.90 Å². The molecular formula is C12H22N2O2. The second-order valence-electron chi connectivity index (χ2n) is 5.27. The van der Waals surface area contributed by atoms with Crippen molar-refractivity contribution in [2.24, 2.45) is 17.8 Å². The lowest BCUT2D eigenvalue weighted by Gasteiger charge is -2.22. The quantitative estimate of drug-likeness (QED) is 0.716. The van der Waals surface area contributed by atoms with Crippen molar-refractivity contribution in [3.63, 3.8) is 0 Å². The molecule has 16 heavy (non-hydrogen) atoms. The molecule has 4 heteroatoms. The molecule has 0 aromatic rings. The van der Waals surface area contributed by atoms with Gasteiger partial charge in [-0.3, -0.25) is 4.79 Å². The number of hydrogen-bond donors (Lipinski definition) is 2. The molecule has 0 aromatic heterocycles. The Labute approximate surface area is 97.0 Å². The van der Waals surface area contributed by atoms with Gasteiger partial charge in [0, 0.05) is 31.5 Å². The predicted octanol–water partition coefficient (Wildman–Crippen LogP) is 0.0712. The number of aliphatic hydroxyl groups is 1. The fraction of sp³-hybridized carbons (Fsp3) is 0.917. The molecule has 2 rings (SSSR count). The van der Waals surface area contributed by atoms with Gasteiger partial charge in [-0.05, 0) is 25.8 Å². The van der Waals surface area contributed by atoms with Gasteiger partial charge < -0.3 is 15.3 Å². The first kappa shape index (κ1) is 11.9. The highest BCUT2D eigenvalue weighted by Gasteiger charge is 2.43. The van der Waals surface area contributed by atoms with Gasteiger partial charge in [-0.25, -0.2) is 0 Å². The van der Waals surface area contributed by atoms with Crippen molar-refractivity contribution >= 4 is 5.91 Å². The van der Waals surface area contributed by atoms with Gasteiger partial charge in [0.2, 0.25) is 5.91 Å². The molecule has 1 heterocycles. The average Bonchev–Trinajstić information content (AvgIpc) is 2.81. The molecule has 4 atom stereocenters.